The smallest absolute Gasteiger partial charge is 0.307 e. The van der Waals surface area contributed by atoms with E-state index in [0.717, 1.165) is 36.3 Å². The van der Waals surface area contributed by atoms with E-state index in [1.165, 1.54) is 24.3 Å². The number of carboxylic acids is 1. The zero-order valence-corrected chi connectivity index (χ0v) is 25.9. The van der Waals surface area contributed by atoms with Crippen LogP contribution in [0, 0.1) is 37.3 Å². The van der Waals surface area contributed by atoms with E-state index in [-0.39, 0.29) is 24.2 Å². The Morgan fingerprint density at radius 2 is 1.38 bits per heavy atom. The molecule has 2 aromatic heterocycles. The van der Waals surface area contributed by atoms with E-state index in [2.05, 4.69) is 10.2 Å². The first-order chi connectivity index (χ1) is 21.5. The average molecular weight is 621 g/mol. The van der Waals surface area contributed by atoms with Crippen molar-refractivity contribution in [1.29, 1.82) is 0 Å². The summed E-state index contributed by atoms with van der Waals surface area (Å²) in [7, 11) is 0. The largest absolute Gasteiger partial charge is 0.489 e. The number of carboxylic acid groups (broad SMARTS) is 1. The number of rotatable bonds is 12. The molecule has 0 saturated heterocycles. The van der Waals surface area contributed by atoms with Crippen LogP contribution < -0.4 is 9.47 Å². The summed E-state index contributed by atoms with van der Waals surface area (Å²) in [5.41, 5.74) is 1.99. The first-order valence-corrected chi connectivity index (χ1v) is 15.1. The fourth-order valence-corrected chi connectivity index (χ4v) is 5.90. The zero-order valence-electron chi connectivity index (χ0n) is 25.9. The maximum Gasteiger partial charge on any atom is 0.307 e. The van der Waals surface area contributed by atoms with Crippen LogP contribution in [0.3, 0.4) is 0 Å². The predicted octanol–water partition coefficient (Wildman–Crippen LogP) is 5.66. The van der Waals surface area contributed by atoms with Crippen LogP contribution in [0.5, 0.6) is 11.5 Å². The van der Waals surface area contributed by atoms with Gasteiger partial charge in [0.25, 0.3) is 0 Å². The highest BCUT2D eigenvalue weighted by molar-refractivity contribution is 5.77. The number of halogens is 2. The highest BCUT2D eigenvalue weighted by Crippen LogP contribution is 2.55. The third-order valence-corrected chi connectivity index (χ3v) is 8.89. The number of carbonyl (C=O) groups is 2. The Labute approximate surface area is 260 Å². The molecule has 6 rings (SSSR count). The molecule has 2 heterocycles. The standard InChI is InChI=1S/C17H19FN2O3.C17H19FN2O2/c1-3-20-9-15(11(2)19-20)23-10-17(8-14(17)16(21)22)12-5-4-6-13(18)7-12;1-3-20-9-16(12(2)19-20)22-11-17(8-14(17)10-21)13-5-4-6-15(18)7-13/h4-7,9,14H,3,8,10H2,1-2H3,(H,21,22);4-7,9-10,14H,3,8,11H2,1-2H3/t2*14-,17+/m00/s1. The molecule has 2 aliphatic rings. The summed E-state index contributed by atoms with van der Waals surface area (Å²) in [6.07, 6.45) is 5.74. The molecular weight excluding hydrogens is 582 g/mol. The summed E-state index contributed by atoms with van der Waals surface area (Å²) >= 11 is 0. The molecule has 1 N–H and O–H groups in total. The molecule has 9 nitrogen and oxygen atoms in total. The number of benzene rings is 2. The fraction of sp³-hybridized carbons (Fsp3) is 0.412. The second-order valence-corrected chi connectivity index (χ2v) is 11.8. The Morgan fingerprint density at radius 3 is 1.76 bits per heavy atom. The number of carbonyl (C=O) groups excluding carboxylic acids is 1. The molecule has 0 radical (unpaired) electrons. The lowest BCUT2D eigenvalue weighted by Gasteiger charge is -2.18. The van der Waals surface area contributed by atoms with Crippen molar-refractivity contribution in [3.63, 3.8) is 0 Å². The first-order valence-electron chi connectivity index (χ1n) is 15.1. The topological polar surface area (TPSA) is 108 Å². The summed E-state index contributed by atoms with van der Waals surface area (Å²) in [5, 5.41) is 18.0. The van der Waals surface area contributed by atoms with E-state index in [9.17, 15) is 23.5 Å². The molecule has 4 aromatic rings. The lowest BCUT2D eigenvalue weighted by molar-refractivity contribution is -0.139. The zero-order chi connectivity index (χ0) is 32.4. The highest BCUT2D eigenvalue weighted by Gasteiger charge is 2.60. The number of hydrogen-bond donors (Lipinski definition) is 1. The monoisotopic (exact) mass is 620 g/mol. The number of hydrogen-bond acceptors (Lipinski definition) is 6. The lowest BCUT2D eigenvalue weighted by atomic mass is 9.94. The van der Waals surface area contributed by atoms with Crippen LogP contribution in [-0.2, 0) is 33.5 Å². The Balaban J connectivity index is 0.000000178. The third kappa shape index (κ3) is 6.62. The number of aliphatic carboxylic acids is 1. The molecule has 2 aromatic carbocycles. The molecule has 11 heteroatoms. The summed E-state index contributed by atoms with van der Waals surface area (Å²) in [5.74, 6) is -0.843. The van der Waals surface area contributed by atoms with Crippen LogP contribution >= 0.6 is 0 Å². The van der Waals surface area contributed by atoms with Gasteiger partial charge in [-0.3, -0.25) is 14.2 Å². The Hall–Kier alpha value is -4.54. The van der Waals surface area contributed by atoms with Crippen molar-refractivity contribution in [3.8, 4) is 11.5 Å². The van der Waals surface area contributed by atoms with Gasteiger partial charge in [0, 0.05) is 29.8 Å². The van der Waals surface area contributed by atoms with Crippen LogP contribution in [0.25, 0.3) is 0 Å². The van der Waals surface area contributed by atoms with Crippen molar-refractivity contribution in [2.45, 2.75) is 64.5 Å². The van der Waals surface area contributed by atoms with Crippen molar-refractivity contribution in [3.05, 3.63) is 95.1 Å². The maximum absolute atomic E-state index is 13.5. The van der Waals surface area contributed by atoms with E-state index in [1.54, 1.807) is 29.1 Å². The van der Waals surface area contributed by atoms with Crippen LogP contribution in [0.2, 0.25) is 0 Å². The van der Waals surface area contributed by atoms with Crippen molar-refractivity contribution in [2.24, 2.45) is 11.8 Å². The van der Waals surface area contributed by atoms with Crippen LogP contribution in [0.1, 0.15) is 49.2 Å². The summed E-state index contributed by atoms with van der Waals surface area (Å²) < 4.78 is 42.4. The van der Waals surface area contributed by atoms with Gasteiger partial charge in [0.1, 0.15) is 29.3 Å². The van der Waals surface area contributed by atoms with Gasteiger partial charge in [0.2, 0.25) is 0 Å². The van der Waals surface area contributed by atoms with Crippen molar-refractivity contribution in [2.75, 3.05) is 13.2 Å². The molecule has 0 amide bonds. The quantitative estimate of drug-likeness (QED) is 0.204. The number of nitrogens with zero attached hydrogens (tertiary/aromatic N) is 4. The van der Waals surface area contributed by atoms with Crippen molar-refractivity contribution in [1.82, 2.24) is 19.6 Å². The summed E-state index contributed by atoms with van der Waals surface area (Å²) in [6, 6.07) is 12.5. The van der Waals surface area contributed by atoms with Gasteiger partial charge in [-0.15, -0.1) is 0 Å². The fourth-order valence-electron chi connectivity index (χ4n) is 5.90. The van der Waals surface area contributed by atoms with Gasteiger partial charge < -0.3 is 19.4 Å². The highest BCUT2D eigenvalue weighted by atomic mass is 19.1. The lowest BCUT2D eigenvalue weighted by Crippen LogP contribution is -2.23. The minimum atomic E-state index is -0.876. The molecule has 4 atom stereocenters. The van der Waals surface area contributed by atoms with Crippen molar-refractivity contribution < 1.29 is 33.0 Å². The Bertz CT molecular complexity index is 1690. The Morgan fingerprint density at radius 1 is 0.889 bits per heavy atom. The van der Waals surface area contributed by atoms with Gasteiger partial charge in [-0.1, -0.05) is 24.3 Å². The summed E-state index contributed by atoms with van der Waals surface area (Å²) in [4.78, 5) is 22.6. The molecular formula is C34H38F2N4O5. The molecule has 0 unspecified atom stereocenters. The number of aldehydes is 1. The third-order valence-electron chi connectivity index (χ3n) is 8.89. The molecule has 0 spiro atoms. The van der Waals surface area contributed by atoms with E-state index in [4.69, 9.17) is 9.47 Å². The van der Waals surface area contributed by atoms with Crippen LogP contribution in [0.15, 0.2) is 60.9 Å². The predicted molar refractivity (Wildman–Crippen MR) is 162 cm³/mol. The molecule has 238 valence electrons. The number of aromatic nitrogens is 4. The van der Waals surface area contributed by atoms with Gasteiger partial charge >= 0.3 is 5.97 Å². The SMILES string of the molecule is CCn1cc(OC[C@@]2(c3cccc(F)c3)C[C@H]2C(=O)O)c(C)n1.CCn1cc(OC[C@@]2(c3cccc(F)c3)C[C@H]2C=O)c(C)n1. The minimum absolute atomic E-state index is 0.115. The summed E-state index contributed by atoms with van der Waals surface area (Å²) in [6.45, 7) is 9.78. The van der Waals surface area contributed by atoms with E-state index in [1.807, 2.05) is 44.6 Å². The van der Waals surface area contributed by atoms with Crippen molar-refractivity contribution >= 4 is 12.3 Å². The number of ether oxygens (including phenoxy) is 2. The van der Waals surface area contributed by atoms with Gasteiger partial charge in [0.05, 0.1) is 31.5 Å². The maximum atomic E-state index is 13.5. The first kappa shape index (κ1) is 31.9. The van der Waals surface area contributed by atoms with Gasteiger partial charge in [-0.05, 0) is 75.9 Å². The van der Waals surface area contributed by atoms with Gasteiger partial charge in [0.15, 0.2) is 11.5 Å². The number of aryl methyl sites for hydroxylation is 4. The van der Waals surface area contributed by atoms with Crippen LogP contribution in [-0.4, -0.2) is 50.1 Å². The molecule has 2 aliphatic carbocycles. The second kappa shape index (κ2) is 12.8. The van der Waals surface area contributed by atoms with Gasteiger partial charge in [-0.25, -0.2) is 8.78 Å². The van der Waals surface area contributed by atoms with E-state index >= 15 is 0 Å². The molecule has 2 saturated carbocycles. The van der Waals surface area contributed by atoms with E-state index in [0.29, 0.717) is 36.5 Å². The molecule has 0 aliphatic heterocycles. The average Bonchev–Trinajstić information content (AvgIpc) is 3.87. The molecule has 0 bridgehead atoms. The normalized spacial score (nSPS) is 23.1. The molecule has 2 fully saturated rings. The Kier molecular flexibility index (Phi) is 9.08. The molecule has 45 heavy (non-hydrogen) atoms. The van der Waals surface area contributed by atoms with Gasteiger partial charge in [-0.2, -0.15) is 10.2 Å². The second-order valence-electron chi connectivity index (χ2n) is 11.8. The van der Waals surface area contributed by atoms with E-state index < -0.39 is 22.7 Å². The minimum Gasteiger partial charge on any atom is -0.489 e. The van der Waals surface area contributed by atoms with Crippen LogP contribution in [0.4, 0.5) is 8.78 Å².